The van der Waals surface area contributed by atoms with Crippen molar-refractivity contribution in [3.63, 3.8) is 0 Å². The first kappa shape index (κ1) is 71.6. The zero-order valence-corrected chi connectivity index (χ0v) is 64.9. The van der Waals surface area contributed by atoms with E-state index in [0.717, 1.165) is 46.8 Å². The summed E-state index contributed by atoms with van der Waals surface area (Å²) in [5.74, 6) is 8.36. The molecule has 8 aliphatic carbocycles. The van der Waals surface area contributed by atoms with Gasteiger partial charge in [-0.2, -0.15) is 24.3 Å². The summed E-state index contributed by atoms with van der Waals surface area (Å²) in [4.78, 5) is 14.4. The number of nitrogens with zero attached hydrogens (tertiary/aromatic N) is 1. The van der Waals surface area contributed by atoms with E-state index < -0.39 is 5.60 Å². The molecular weight excluding hydrogens is 1400 g/mol. The molecule has 8 bridgehead atoms. The predicted octanol–water partition coefficient (Wildman–Crippen LogP) is 20.7. The molecule has 1 heterocycles. The minimum Gasteiger partial charge on any atom is -1.00 e. The molecule has 1 aliphatic heterocycles. The maximum atomic E-state index is 12.3. The number of aromatic hydroxyl groups is 1. The van der Waals surface area contributed by atoms with Crippen molar-refractivity contribution in [1.29, 1.82) is 0 Å². The second kappa shape index (κ2) is 29.6. The fourth-order valence-electron chi connectivity index (χ4n) is 21.3. The summed E-state index contributed by atoms with van der Waals surface area (Å²) in [7, 11) is 5.86. The number of rotatable bonds is 6. The molecule has 12 unspecified atom stereocenters. The largest absolute Gasteiger partial charge is 2.00 e. The van der Waals surface area contributed by atoms with Crippen LogP contribution in [-0.4, -0.2) is 66.4 Å². The van der Waals surface area contributed by atoms with Crippen molar-refractivity contribution >= 4 is 116 Å². The molecule has 108 heavy (non-hydrogen) atoms. The van der Waals surface area contributed by atoms with E-state index in [2.05, 4.69) is 250 Å². The summed E-state index contributed by atoms with van der Waals surface area (Å²) >= 11 is 0. The third-order valence-electron chi connectivity index (χ3n) is 26.4. The number of carbonyl (C=O) groups excluding carboxylic acids is 1. The number of anilines is 1. The van der Waals surface area contributed by atoms with Crippen molar-refractivity contribution < 1.29 is 41.5 Å². The van der Waals surface area contributed by atoms with Gasteiger partial charge in [-0.25, -0.2) is 0 Å². The van der Waals surface area contributed by atoms with E-state index in [1.54, 1.807) is 12.7 Å². The Balaban J connectivity index is 0.000000106. The van der Waals surface area contributed by atoms with Crippen LogP contribution in [0.1, 0.15) is 163 Å². The number of benzene rings is 14. The van der Waals surface area contributed by atoms with Gasteiger partial charge in [0.15, 0.2) is 5.60 Å². The van der Waals surface area contributed by atoms with Crippen LogP contribution in [-0.2, 0) is 10.4 Å². The van der Waals surface area contributed by atoms with Crippen LogP contribution in [0.25, 0.3) is 81.5 Å². The van der Waals surface area contributed by atoms with Crippen LogP contribution >= 0.6 is 0 Å². The minimum absolute atomic E-state index is 0. The molecule has 2 N–H and O–H groups in total. The zero-order valence-electron chi connectivity index (χ0n) is 61.9. The number of hydrogen-bond donors (Lipinski definition) is 2. The van der Waals surface area contributed by atoms with Gasteiger partial charge in [0.1, 0.15) is 23.0 Å². The van der Waals surface area contributed by atoms with Crippen molar-refractivity contribution in [1.82, 2.24) is 0 Å². The smallest absolute Gasteiger partial charge is 1.00 e. The third-order valence-corrected chi connectivity index (χ3v) is 26.4. The number of Topliss-reactive ketones (excluding diaryl/α,β-unsaturated/α-hetero) is 1. The Morgan fingerprint density at radius 2 is 0.991 bits per heavy atom. The third kappa shape index (κ3) is 12.5. The number of phenols is 1. The predicted molar refractivity (Wildman–Crippen MR) is 442 cm³/mol. The van der Waals surface area contributed by atoms with Crippen molar-refractivity contribution in [2.75, 3.05) is 26.1 Å². The van der Waals surface area contributed by atoms with Crippen molar-refractivity contribution in [2.24, 2.45) is 23.7 Å². The van der Waals surface area contributed by atoms with E-state index >= 15 is 0 Å². The summed E-state index contributed by atoms with van der Waals surface area (Å²) in [5.41, 5.74) is 12.5. The van der Waals surface area contributed by atoms with E-state index in [9.17, 15) is 15.0 Å². The number of ether oxygens (including phenoxy) is 2. The molecule has 9 aliphatic rings. The fourth-order valence-corrected chi connectivity index (χ4v) is 21.3. The van der Waals surface area contributed by atoms with Crippen molar-refractivity contribution in [3.8, 4) is 17.2 Å². The van der Waals surface area contributed by atoms with Gasteiger partial charge in [-0.05, 0) is 242 Å². The standard InChI is InChI=1S/C37H33NO2.C19H16O.C17H18O.C17H16O.C10H7.BrH.Mg/c1-38(2)28-15-11-26(12-16-28)37(27-13-17-29(39-3)18-14-27)21-20-32-34-25-9-8-24(22-25)33(34)31-19-10-23-6-4-5-7-30(23)35(31)36(32)40-37;20-17-10-16-12-5-6-13(9-12)18(16)15-8-7-11-3-1-2-4-14(11)19(15)17;2*18-17-15-8-7-14(10-15)16(17)13-6-5-11-3-1-2-4-12(11)9-13;1-2-6-10-8-4-3-7-9(10)5-1;;/h4-7,10-21,24-25H,8-9,22H2,1-3H3;1-4,7-8,10,12-13,20H,5-6,9H2;1-6,9,14-18H,7-8,10H2;1-6,9,14-16H,7-8,10H2;1-3,5-8H;1H;/q;;;;-1;;+2/p-1. The monoisotopic (exact) mass is 1490 g/mol. The van der Waals surface area contributed by atoms with Gasteiger partial charge in [-0.15, -0.1) is 16.8 Å². The summed E-state index contributed by atoms with van der Waals surface area (Å²) < 4.78 is 13.0. The van der Waals surface area contributed by atoms with Crippen LogP contribution in [0.5, 0.6) is 17.2 Å². The first-order chi connectivity index (χ1) is 52.0. The fraction of sp³-hybridized carbons (Fsp3) is 0.270. The molecule has 6 saturated carbocycles. The average Bonchev–Trinajstić information content (AvgIpc) is 1.43. The Morgan fingerprint density at radius 1 is 0.472 bits per heavy atom. The van der Waals surface area contributed by atoms with Gasteiger partial charge < -0.3 is 41.6 Å². The molecule has 14 aromatic rings. The van der Waals surface area contributed by atoms with E-state index in [1.807, 2.05) is 42.5 Å². The molecule has 14 aromatic carbocycles. The summed E-state index contributed by atoms with van der Waals surface area (Å²) in [6.07, 6.45) is 19.6. The quantitative estimate of drug-likeness (QED) is 0.0981. The van der Waals surface area contributed by atoms with Crippen LogP contribution in [0.15, 0.2) is 261 Å². The number of hydrogen-bond acceptors (Lipinski definition) is 6. The minimum atomic E-state index is -0.764. The number of carbonyl (C=O) groups is 1. The summed E-state index contributed by atoms with van der Waals surface area (Å²) in [6.45, 7) is 0. The molecule has 0 amide bonds. The topological polar surface area (TPSA) is 79.2 Å². The molecule has 8 heteroatoms. The van der Waals surface area contributed by atoms with Gasteiger partial charge in [-0.3, -0.25) is 4.79 Å². The number of methoxy groups -OCH3 is 1. The zero-order chi connectivity index (χ0) is 71.3. The van der Waals surface area contributed by atoms with Crippen LogP contribution in [0.2, 0.25) is 0 Å². The number of ketones is 1. The molecule has 534 valence electrons. The van der Waals surface area contributed by atoms with Gasteiger partial charge >= 0.3 is 23.1 Å². The average molecular weight is 1490 g/mol. The number of halogens is 1. The van der Waals surface area contributed by atoms with Gasteiger partial charge in [0.2, 0.25) is 0 Å². The van der Waals surface area contributed by atoms with E-state index in [4.69, 9.17) is 9.47 Å². The molecule has 23 rings (SSSR count). The number of aliphatic hydroxyl groups excluding tert-OH is 1. The van der Waals surface area contributed by atoms with Crippen molar-refractivity contribution in [3.05, 3.63) is 317 Å². The normalized spacial score (nSPS) is 24.3. The summed E-state index contributed by atoms with van der Waals surface area (Å²) in [5, 5.41) is 38.5. The van der Waals surface area contributed by atoms with E-state index in [-0.39, 0.29) is 52.1 Å². The summed E-state index contributed by atoms with van der Waals surface area (Å²) in [6, 6.07) is 92.8. The number of fused-ring (bicyclic) bond motifs is 28. The molecule has 0 saturated heterocycles. The molecule has 12 atom stereocenters. The second-order valence-corrected chi connectivity index (χ2v) is 32.1. The van der Waals surface area contributed by atoms with Gasteiger partial charge in [-0.1, -0.05) is 206 Å². The van der Waals surface area contributed by atoms with Crippen LogP contribution in [0.3, 0.4) is 0 Å². The van der Waals surface area contributed by atoms with Crippen LogP contribution in [0, 0.1) is 29.7 Å². The van der Waals surface area contributed by atoms with Crippen LogP contribution < -0.4 is 31.4 Å². The first-order valence-corrected chi connectivity index (χ1v) is 39.1. The first-order valence-electron chi connectivity index (χ1n) is 39.1. The second-order valence-electron chi connectivity index (χ2n) is 32.1. The Kier molecular flexibility index (Phi) is 19.6. The molecule has 6 fully saturated rings. The maximum absolute atomic E-state index is 12.3. The molecular formula is C100H90BrMgNO5. The van der Waals surface area contributed by atoms with Gasteiger partial charge in [0.05, 0.1) is 13.2 Å². The van der Waals surface area contributed by atoms with Crippen molar-refractivity contribution in [2.45, 2.75) is 124 Å². The number of aliphatic hydroxyl groups is 1. The molecule has 0 aromatic heterocycles. The maximum Gasteiger partial charge on any atom is 2.00 e. The number of phenolic OH excluding ortho intramolecular Hbond substituents is 1. The Labute approximate surface area is 660 Å². The molecule has 6 nitrogen and oxygen atoms in total. The van der Waals surface area contributed by atoms with E-state index in [1.165, 1.54) is 173 Å². The Hall–Kier alpha value is -9.28. The van der Waals surface area contributed by atoms with Gasteiger partial charge in [0, 0.05) is 65.0 Å². The Morgan fingerprint density at radius 3 is 1.61 bits per heavy atom. The Bertz CT molecular complexity index is 5720. The molecule has 0 spiro atoms. The van der Waals surface area contributed by atoms with Gasteiger partial charge in [0.25, 0.3) is 0 Å². The van der Waals surface area contributed by atoms with E-state index in [0.29, 0.717) is 58.9 Å². The molecule has 0 radical (unpaired) electrons. The van der Waals surface area contributed by atoms with Crippen LogP contribution in [0.4, 0.5) is 5.69 Å². The SMILES string of the molecule is COc1ccc(C2(c3ccc(N(C)C)cc3)C=Cc3c4c(c5ccc6ccccc6c5c3O2)C2CCC4C2)cc1.O=C1C2CCC(C2)C1c1ccc2ccccc2c1.OC1C2CCC(C2)C1c1ccc2ccccc2c1.Oc1cc2c(c3ccc4ccccc4c13)C1CCC2C1.[Br-].[Mg+2].[c-]1ccc2ccccc2c1.